The molecule has 1 aliphatic rings. The maximum absolute atomic E-state index is 5.18. The fraction of sp³-hybridized carbons (Fsp3) is 0.0444. The maximum Gasteiger partial charge on any atom is 0.164 e. The normalized spacial score (nSPS) is 14.4. The fourth-order valence-electron chi connectivity index (χ4n) is 6.68. The summed E-state index contributed by atoms with van der Waals surface area (Å²) < 4.78 is 0. The molecule has 3 nitrogen and oxygen atoms in total. The van der Waals surface area contributed by atoms with Crippen molar-refractivity contribution in [2.24, 2.45) is 0 Å². The molecular formula is C45H35N3S. The second-order valence-electron chi connectivity index (χ2n) is 12.0. The van der Waals surface area contributed by atoms with Crippen molar-refractivity contribution in [3.8, 4) is 45.3 Å². The average molecular weight is 650 g/mol. The zero-order valence-corrected chi connectivity index (χ0v) is 27.8. The van der Waals surface area contributed by atoms with Gasteiger partial charge in [0.15, 0.2) is 17.5 Å². The largest absolute Gasteiger partial charge is 0.208 e. The molecule has 1 aromatic heterocycles. The van der Waals surface area contributed by atoms with Crippen LogP contribution < -0.4 is 0 Å². The van der Waals surface area contributed by atoms with E-state index in [9.17, 15) is 0 Å². The van der Waals surface area contributed by atoms with E-state index in [2.05, 4.69) is 170 Å². The smallest absolute Gasteiger partial charge is 0.164 e. The first-order valence-electron chi connectivity index (χ1n) is 16.6. The highest BCUT2D eigenvalue weighted by Crippen LogP contribution is 2.72. The molecule has 0 bridgehead atoms. The van der Waals surface area contributed by atoms with Gasteiger partial charge in [0.1, 0.15) is 0 Å². The van der Waals surface area contributed by atoms with Crippen LogP contribution in [0.2, 0.25) is 0 Å². The SMILES string of the molecule is C1=CCC(S(c2ccccc2)(c2ccccc2)c2cccc(-c3nc(-c4ccccc4)nc(-c4cccc(-c5ccccc5)c4)n3)c2)C=C1. The predicted octanol–water partition coefficient (Wildman–Crippen LogP) is 11.7. The van der Waals surface area contributed by atoms with Gasteiger partial charge in [-0.3, -0.25) is 0 Å². The molecule has 236 valence electrons. The van der Waals surface area contributed by atoms with Crippen LogP contribution in [-0.4, -0.2) is 20.2 Å². The van der Waals surface area contributed by atoms with Crippen LogP contribution in [0.3, 0.4) is 0 Å². The summed E-state index contributed by atoms with van der Waals surface area (Å²) in [7, 11) is -1.73. The van der Waals surface area contributed by atoms with E-state index in [0.717, 1.165) is 34.2 Å². The number of benzene rings is 6. The summed E-state index contributed by atoms with van der Waals surface area (Å²) in [5.41, 5.74) is 5.15. The number of allylic oxidation sites excluding steroid dienone is 3. The van der Waals surface area contributed by atoms with Gasteiger partial charge in [0, 0.05) is 21.9 Å². The van der Waals surface area contributed by atoms with Crippen LogP contribution in [0.1, 0.15) is 6.42 Å². The van der Waals surface area contributed by atoms with Crippen molar-refractivity contribution in [2.75, 3.05) is 0 Å². The van der Waals surface area contributed by atoms with Crippen molar-refractivity contribution in [2.45, 2.75) is 26.4 Å². The van der Waals surface area contributed by atoms with Crippen LogP contribution in [-0.2, 0) is 0 Å². The topological polar surface area (TPSA) is 38.7 Å². The highest BCUT2D eigenvalue weighted by atomic mass is 32.3. The van der Waals surface area contributed by atoms with E-state index in [1.807, 2.05) is 24.3 Å². The highest BCUT2D eigenvalue weighted by molar-refractivity contribution is 8.34. The van der Waals surface area contributed by atoms with Gasteiger partial charge in [-0.1, -0.05) is 152 Å². The van der Waals surface area contributed by atoms with Gasteiger partial charge in [-0.05, 0) is 74.7 Å². The molecule has 0 fully saturated rings. The lowest BCUT2D eigenvalue weighted by atomic mass is 10.0. The Kier molecular flexibility index (Phi) is 8.54. The van der Waals surface area contributed by atoms with Gasteiger partial charge in [-0.25, -0.2) is 15.0 Å². The van der Waals surface area contributed by atoms with Crippen molar-refractivity contribution in [1.29, 1.82) is 0 Å². The first kappa shape index (κ1) is 30.5. The Balaban J connectivity index is 1.33. The monoisotopic (exact) mass is 649 g/mol. The molecule has 1 aliphatic carbocycles. The quantitative estimate of drug-likeness (QED) is 0.164. The zero-order chi connectivity index (χ0) is 32.9. The van der Waals surface area contributed by atoms with Crippen LogP contribution in [0, 0.1) is 0 Å². The van der Waals surface area contributed by atoms with Crippen molar-refractivity contribution in [3.05, 3.63) is 194 Å². The summed E-state index contributed by atoms with van der Waals surface area (Å²) in [6, 6.07) is 60.1. The molecule has 4 heteroatoms. The Bertz CT molecular complexity index is 2210. The molecule has 0 saturated heterocycles. The van der Waals surface area contributed by atoms with Crippen LogP contribution in [0.5, 0.6) is 0 Å². The second kappa shape index (κ2) is 13.7. The van der Waals surface area contributed by atoms with Gasteiger partial charge in [0.25, 0.3) is 0 Å². The van der Waals surface area contributed by atoms with Crippen LogP contribution >= 0.6 is 10.0 Å². The number of hydrogen-bond donors (Lipinski definition) is 0. The molecule has 49 heavy (non-hydrogen) atoms. The van der Waals surface area contributed by atoms with Crippen molar-refractivity contribution >= 4 is 10.0 Å². The number of hydrogen-bond acceptors (Lipinski definition) is 3. The standard InChI is InChI=1S/C45H35N3S/c1-6-18-34(19-7-1)36-22-16-23-37(32-36)44-46-43(35-20-8-2-9-21-35)47-45(48-44)38-24-17-31-42(33-38)49(39-25-10-3-11-26-39,40-27-12-4-13-28-40)41-29-14-5-15-30-41/h1-29,31-33,41H,30H2. The molecule has 0 spiro atoms. The van der Waals surface area contributed by atoms with E-state index in [-0.39, 0.29) is 5.25 Å². The van der Waals surface area contributed by atoms with Gasteiger partial charge in [0.05, 0.1) is 0 Å². The Morgan fingerprint density at radius 1 is 0.388 bits per heavy atom. The minimum absolute atomic E-state index is 0.284. The van der Waals surface area contributed by atoms with Crippen LogP contribution in [0.15, 0.2) is 209 Å². The lowest BCUT2D eigenvalue weighted by Crippen LogP contribution is -2.19. The molecular weight excluding hydrogens is 615 g/mol. The molecule has 0 amide bonds. The summed E-state index contributed by atoms with van der Waals surface area (Å²) in [6.45, 7) is 0. The van der Waals surface area contributed by atoms with E-state index in [1.54, 1.807) is 0 Å². The molecule has 1 unspecified atom stereocenters. The van der Waals surface area contributed by atoms with Gasteiger partial charge >= 0.3 is 0 Å². The molecule has 7 aromatic rings. The third-order valence-corrected chi connectivity index (χ3v) is 13.3. The van der Waals surface area contributed by atoms with Gasteiger partial charge in [0.2, 0.25) is 0 Å². The number of nitrogens with zero attached hydrogens (tertiary/aromatic N) is 3. The first-order valence-corrected chi connectivity index (χ1v) is 18.3. The highest BCUT2D eigenvalue weighted by Gasteiger charge is 2.37. The first-order chi connectivity index (χ1) is 24.3. The Morgan fingerprint density at radius 3 is 1.41 bits per heavy atom. The summed E-state index contributed by atoms with van der Waals surface area (Å²) >= 11 is 0. The van der Waals surface area contributed by atoms with Crippen LogP contribution in [0.25, 0.3) is 45.3 Å². The van der Waals surface area contributed by atoms with Gasteiger partial charge in [-0.15, -0.1) is 0 Å². The number of aromatic nitrogens is 3. The molecule has 8 rings (SSSR count). The molecule has 0 N–H and O–H groups in total. The maximum atomic E-state index is 5.18. The van der Waals surface area contributed by atoms with Crippen LogP contribution in [0.4, 0.5) is 0 Å². The van der Waals surface area contributed by atoms with Crippen molar-refractivity contribution in [3.63, 3.8) is 0 Å². The minimum Gasteiger partial charge on any atom is -0.208 e. The van der Waals surface area contributed by atoms with Gasteiger partial charge < -0.3 is 0 Å². The second-order valence-corrected chi connectivity index (χ2v) is 15.4. The van der Waals surface area contributed by atoms with E-state index in [4.69, 9.17) is 15.0 Å². The average Bonchev–Trinajstić information content (AvgIpc) is 3.20. The Morgan fingerprint density at radius 2 is 0.837 bits per heavy atom. The number of rotatable bonds is 8. The third kappa shape index (κ3) is 6.03. The molecule has 1 heterocycles. The molecule has 0 aliphatic heterocycles. The Labute approximate surface area is 289 Å². The summed E-state index contributed by atoms with van der Waals surface area (Å²) in [4.78, 5) is 19.3. The van der Waals surface area contributed by atoms with E-state index >= 15 is 0 Å². The molecule has 6 aromatic carbocycles. The van der Waals surface area contributed by atoms with Gasteiger partial charge in [-0.2, -0.15) is 10.0 Å². The fourth-order valence-corrected chi connectivity index (χ4v) is 11.0. The lowest BCUT2D eigenvalue weighted by Gasteiger charge is -2.47. The lowest BCUT2D eigenvalue weighted by molar-refractivity contribution is 1.01. The molecule has 0 saturated carbocycles. The van der Waals surface area contributed by atoms with Crippen molar-refractivity contribution in [1.82, 2.24) is 15.0 Å². The summed E-state index contributed by atoms with van der Waals surface area (Å²) in [6.07, 6.45) is 10.0. The zero-order valence-electron chi connectivity index (χ0n) is 27.0. The summed E-state index contributed by atoms with van der Waals surface area (Å²) in [5.74, 6) is 1.96. The minimum atomic E-state index is -1.73. The van der Waals surface area contributed by atoms with E-state index in [0.29, 0.717) is 17.5 Å². The van der Waals surface area contributed by atoms with E-state index in [1.165, 1.54) is 14.7 Å². The van der Waals surface area contributed by atoms with E-state index < -0.39 is 10.0 Å². The van der Waals surface area contributed by atoms with Crippen molar-refractivity contribution < 1.29 is 0 Å². The molecule has 1 atom stereocenters. The third-order valence-electron chi connectivity index (χ3n) is 8.98. The molecule has 0 radical (unpaired) electrons. The Hall–Kier alpha value is -5.84. The summed E-state index contributed by atoms with van der Waals surface area (Å²) in [5, 5.41) is 0.284. The predicted molar refractivity (Wildman–Crippen MR) is 204 cm³/mol.